The SMILES string of the molecule is O=C1CCC(CC(F)(C(F)(F)F)C(F)(F)F)O1. The number of carbonyl (C=O) groups is 1. The maximum atomic E-state index is 13.1. The number of hydrogen-bond donors (Lipinski definition) is 0. The van der Waals surface area contributed by atoms with E-state index in [1.165, 1.54) is 0 Å². The largest absolute Gasteiger partial charge is 0.462 e. The van der Waals surface area contributed by atoms with E-state index in [4.69, 9.17) is 0 Å². The van der Waals surface area contributed by atoms with E-state index in [2.05, 4.69) is 4.74 Å². The molecule has 1 rings (SSSR count). The molecule has 0 radical (unpaired) electrons. The summed E-state index contributed by atoms with van der Waals surface area (Å²) in [5.74, 6) is -0.929. The van der Waals surface area contributed by atoms with Crippen LogP contribution in [0.15, 0.2) is 0 Å². The minimum atomic E-state index is -6.10. The first-order chi connectivity index (χ1) is 7.47. The molecule has 9 heteroatoms. The predicted molar refractivity (Wildman–Crippen MR) is 39.7 cm³/mol. The molecule has 0 saturated carbocycles. The molecule has 1 atom stereocenters. The van der Waals surface area contributed by atoms with Crippen molar-refractivity contribution in [2.45, 2.75) is 43.4 Å². The second-order valence-corrected chi connectivity index (χ2v) is 3.65. The van der Waals surface area contributed by atoms with Crippen LogP contribution in [0.1, 0.15) is 19.3 Å². The Morgan fingerprint density at radius 2 is 1.53 bits per heavy atom. The van der Waals surface area contributed by atoms with Crippen LogP contribution >= 0.6 is 0 Å². The first-order valence-electron chi connectivity index (χ1n) is 4.49. The van der Waals surface area contributed by atoms with Crippen LogP contribution in [0.4, 0.5) is 30.7 Å². The molecule has 1 aliphatic rings. The Bertz CT molecular complexity index is 292. The van der Waals surface area contributed by atoms with E-state index in [0.717, 1.165) is 0 Å². The van der Waals surface area contributed by atoms with Gasteiger partial charge in [-0.1, -0.05) is 0 Å². The third kappa shape index (κ3) is 2.63. The molecule has 2 nitrogen and oxygen atoms in total. The van der Waals surface area contributed by atoms with Crippen LogP contribution in [0, 0.1) is 0 Å². The lowest BCUT2D eigenvalue weighted by Gasteiger charge is -2.31. The minimum Gasteiger partial charge on any atom is -0.462 e. The normalized spacial score (nSPS) is 22.8. The Morgan fingerprint density at radius 3 is 1.82 bits per heavy atom. The van der Waals surface area contributed by atoms with Crippen molar-refractivity contribution < 1.29 is 40.3 Å². The molecular formula is C8H7F7O2. The predicted octanol–water partition coefficient (Wildman–Crippen LogP) is 2.92. The molecule has 1 aliphatic heterocycles. The van der Waals surface area contributed by atoms with E-state index in [1.54, 1.807) is 0 Å². The molecule has 17 heavy (non-hydrogen) atoms. The van der Waals surface area contributed by atoms with Gasteiger partial charge in [-0.25, -0.2) is 4.39 Å². The van der Waals surface area contributed by atoms with Gasteiger partial charge in [0.1, 0.15) is 6.10 Å². The Labute approximate surface area is 90.7 Å². The standard InChI is InChI=1S/C8H7F7O2/c9-6(7(10,11)12,8(13,14)15)3-4-1-2-5(16)17-4/h4H,1-3H2. The maximum absolute atomic E-state index is 13.1. The van der Waals surface area contributed by atoms with Crippen molar-refractivity contribution in [2.24, 2.45) is 0 Å². The molecule has 1 fully saturated rings. The molecule has 0 aromatic rings. The van der Waals surface area contributed by atoms with Crippen LogP contribution in [0.25, 0.3) is 0 Å². The number of cyclic esters (lactones) is 1. The lowest BCUT2D eigenvalue weighted by Crippen LogP contribution is -2.54. The molecule has 0 spiro atoms. The molecule has 100 valence electrons. The lowest BCUT2D eigenvalue weighted by atomic mass is 9.95. The Morgan fingerprint density at radius 1 is 1.06 bits per heavy atom. The summed E-state index contributed by atoms with van der Waals surface area (Å²) in [4.78, 5) is 10.5. The van der Waals surface area contributed by atoms with Crippen molar-refractivity contribution in [1.82, 2.24) is 0 Å². The first-order valence-corrected chi connectivity index (χ1v) is 4.49. The van der Waals surface area contributed by atoms with Crippen molar-refractivity contribution in [3.8, 4) is 0 Å². The third-order valence-corrected chi connectivity index (χ3v) is 2.38. The summed E-state index contributed by atoms with van der Waals surface area (Å²) in [7, 11) is 0. The summed E-state index contributed by atoms with van der Waals surface area (Å²) < 4.78 is 90.0. The monoisotopic (exact) mass is 268 g/mol. The fourth-order valence-electron chi connectivity index (χ4n) is 1.43. The van der Waals surface area contributed by atoms with E-state index < -0.39 is 36.5 Å². The summed E-state index contributed by atoms with van der Waals surface area (Å²) in [6.45, 7) is 0. The van der Waals surface area contributed by atoms with E-state index in [0.29, 0.717) is 0 Å². The second kappa shape index (κ2) is 4.02. The van der Waals surface area contributed by atoms with Gasteiger partial charge in [-0.05, 0) is 6.42 Å². The van der Waals surface area contributed by atoms with Gasteiger partial charge < -0.3 is 4.74 Å². The van der Waals surface area contributed by atoms with E-state index in [9.17, 15) is 35.5 Å². The van der Waals surface area contributed by atoms with E-state index in [1.807, 2.05) is 0 Å². The van der Waals surface area contributed by atoms with Crippen LogP contribution in [0.5, 0.6) is 0 Å². The van der Waals surface area contributed by atoms with Crippen molar-refractivity contribution >= 4 is 5.97 Å². The van der Waals surface area contributed by atoms with Crippen LogP contribution in [0.2, 0.25) is 0 Å². The maximum Gasteiger partial charge on any atom is 0.431 e. The van der Waals surface area contributed by atoms with E-state index in [-0.39, 0.29) is 12.8 Å². The highest BCUT2D eigenvalue weighted by molar-refractivity contribution is 5.71. The highest BCUT2D eigenvalue weighted by Crippen LogP contribution is 2.49. The van der Waals surface area contributed by atoms with Crippen molar-refractivity contribution in [3.63, 3.8) is 0 Å². The molecule has 1 unspecified atom stereocenters. The number of hydrogen-bond acceptors (Lipinski definition) is 2. The number of alkyl halides is 7. The summed E-state index contributed by atoms with van der Waals surface area (Å²) >= 11 is 0. The Kier molecular flexibility index (Phi) is 3.32. The number of halogens is 7. The number of rotatable bonds is 2. The molecule has 1 saturated heterocycles. The lowest BCUT2D eigenvalue weighted by molar-refractivity contribution is -0.347. The number of carbonyl (C=O) groups excluding carboxylic acids is 1. The molecule has 1 heterocycles. The fraction of sp³-hybridized carbons (Fsp3) is 0.875. The zero-order chi connectivity index (χ0) is 13.5. The molecule has 0 aliphatic carbocycles. The van der Waals surface area contributed by atoms with Gasteiger partial charge in [-0.15, -0.1) is 0 Å². The summed E-state index contributed by atoms with van der Waals surface area (Å²) in [6.07, 6.45) is -16.5. The Hall–Kier alpha value is -1.02. The van der Waals surface area contributed by atoms with Crippen LogP contribution < -0.4 is 0 Å². The minimum absolute atomic E-state index is 0.309. The molecule has 0 amide bonds. The Balaban J connectivity index is 2.90. The molecule has 0 N–H and O–H groups in total. The van der Waals surface area contributed by atoms with Crippen molar-refractivity contribution in [3.05, 3.63) is 0 Å². The van der Waals surface area contributed by atoms with Gasteiger partial charge in [0.05, 0.1) is 0 Å². The summed E-state index contributed by atoms with van der Waals surface area (Å²) in [5, 5.41) is 0. The summed E-state index contributed by atoms with van der Waals surface area (Å²) in [5.41, 5.74) is -5.35. The smallest absolute Gasteiger partial charge is 0.431 e. The average molecular weight is 268 g/mol. The van der Waals surface area contributed by atoms with Crippen molar-refractivity contribution in [1.29, 1.82) is 0 Å². The highest BCUT2D eigenvalue weighted by Gasteiger charge is 2.73. The zero-order valence-electron chi connectivity index (χ0n) is 8.16. The van der Waals surface area contributed by atoms with Gasteiger partial charge in [0, 0.05) is 12.8 Å². The molecule has 0 aromatic heterocycles. The fourth-order valence-corrected chi connectivity index (χ4v) is 1.43. The van der Waals surface area contributed by atoms with Gasteiger partial charge in [0.2, 0.25) is 0 Å². The average Bonchev–Trinajstić information content (AvgIpc) is 2.47. The van der Waals surface area contributed by atoms with Crippen LogP contribution in [0.3, 0.4) is 0 Å². The van der Waals surface area contributed by atoms with Gasteiger partial charge >= 0.3 is 24.0 Å². The van der Waals surface area contributed by atoms with Gasteiger partial charge in [-0.2, -0.15) is 26.3 Å². The molecular weight excluding hydrogens is 261 g/mol. The van der Waals surface area contributed by atoms with Crippen LogP contribution in [-0.2, 0) is 9.53 Å². The summed E-state index contributed by atoms with van der Waals surface area (Å²) in [6, 6.07) is 0. The van der Waals surface area contributed by atoms with Gasteiger partial charge in [0.25, 0.3) is 0 Å². The zero-order valence-corrected chi connectivity index (χ0v) is 8.16. The first kappa shape index (κ1) is 14.0. The molecule has 0 aromatic carbocycles. The second-order valence-electron chi connectivity index (χ2n) is 3.65. The van der Waals surface area contributed by atoms with Crippen molar-refractivity contribution in [2.75, 3.05) is 0 Å². The quantitative estimate of drug-likeness (QED) is 0.568. The topological polar surface area (TPSA) is 26.3 Å². The number of esters is 1. The number of ether oxygens (including phenoxy) is 1. The van der Waals surface area contributed by atoms with Gasteiger partial charge in [-0.3, -0.25) is 4.79 Å². The van der Waals surface area contributed by atoms with E-state index >= 15 is 0 Å². The third-order valence-electron chi connectivity index (χ3n) is 2.38. The van der Waals surface area contributed by atoms with Gasteiger partial charge in [0.15, 0.2) is 0 Å². The highest BCUT2D eigenvalue weighted by atomic mass is 19.4. The molecule has 0 bridgehead atoms. The van der Waals surface area contributed by atoms with Crippen LogP contribution in [-0.4, -0.2) is 30.1 Å².